The van der Waals surface area contributed by atoms with Gasteiger partial charge in [-0.1, -0.05) is 18.3 Å². The van der Waals surface area contributed by atoms with Crippen LogP contribution in [0.5, 0.6) is 0 Å². The van der Waals surface area contributed by atoms with Gasteiger partial charge in [0.05, 0.1) is 0 Å². The van der Waals surface area contributed by atoms with E-state index < -0.39 is 0 Å². The van der Waals surface area contributed by atoms with Crippen LogP contribution in [-0.4, -0.2) is 22.5 Å². The van der Waals surface area contributed by atoms with E-state index in [1.54, 1.807) is 0 Å². The smallest absolute Gasteiger partial charge is 0.106 e. The molecule has 0 saturated carbocycles. The minimum absolute atomic E-state index is 0.464. The zero-order valence-corrected chi connectivity index (χ0v) is 11.7. The average Bonchev–Trinajstić information content (AvgIpc) is 2.78. The highest BCUT2D eigenvalue weighted by Gasteiger charge is 2.15. The number of hydrogen-bond donors (Lipinski definition) is 2. The summed E-state index contributed by atoms with van der Waals surface area (Å²) in [7, 11) is 0. The Hall–Kier alpha value is -0.740. The summed E-state index contributed by atoms with van der Waals surface area (Å²) >= 11 is 7.13. The second kappa shape index (κ2) is 5.74. The largest absolute Gasteiger partial charge is 0.389 e. The second-order valence-electron chi connectivity index (χ2n) is 4.43. The molecule has 1 aliphatic rings. The summed E-state index contributed by atoms with van der Waals surface area (Å²) in [4.78, 5) is 0.464. The van der Waals surface area contributed by atoms with Gasteiger partial charge < -0.3 is 11.1 Å². The zero-order chi connectivity index (χ0) is 12.3. The fraction of sp³-hybridized carbons (Fsp3) is 0.462. The van der Waals surface area contributed by atoms with E-state index in [2.05, 4.69) is 30.1 Å². The predicted octanol–water partition coefficient (Wildman–Crippen LogP) is 2.94. The molecule has 2 rings (SSSR count). The Bertz CT molecular complexity index is 412. The lowest BCUT2D eigenvalue weighted by atomic mass is 10.1. The van der Waals surface area contributed by atoms with E-state index in [1.807, 2.05) is 12.1 Å². The molecule has 1 aromatic rings. The lowest BCUT2D eigenvalue weighted by molar-refractivity contribution is 0.805. The van der Waals surface area contributed by atoms with Crippen molar-refractivity contribution in [2.75, 3.05) is 17.6 Å². The monoisotopic (exact) mass is 266 g/mol. The van der Waals surface area contributed by atoms with Gasteiger partial charge in [-0.3, -0.25) is 0 Å². The number of anilines is 1. The van der Waals surface area contributed by atoms with Crippen molar-refractivity contribution < 1.29 is 0 Å². The maximum Gasteiger partial charge on any atom is 0.106 e. The number of aryl methyl sites for hydroxylation is 1. The van der Waals surface area contributed by atoms with Gasteiger partial charge in [-0.15, -0.1) is 0 Å². The maximum atomic E-state index is 5.73. The third-order valence-electron chi connectivity index (χ3n) is 2.98. The van der Waals surface area contributed by atoms with Crippen LogP contribution in [0, 0.1) is 6.92 Å². The van der Waals surface area contributed by atoms with Crippen molar-refractivity contribution >= 4 is 34.7 Å². The van der Waals surface area contributed by atoms with Crippen LogP contribution in [0.3, 0.4) is 0 Å². The van der Waals surface area contributed by atoms with Crippen molar-refractivity contribution in [1.82, 2.24) is 0 Å². The van der Waals surface area contributed by atoms with Crippen LogP contribution in [0.25, 0.3) is 0 Å². The molecule has 0 aromatic heterocycles. The van der Waals surface area contributed by atoms with Gasteiger partial charge in [-0.2, -0.15) is 11.8 Å². The third kappa shape index (κ3) is 3.36. The van der Waals surface area contributed by atoms with Gasteiger partial charge in [0, 0.05) is 23.0 Å². The number of nitrogens with one attached hydrogen (secondary N) is 1. The SMILES string of the molecule is Cc1ccc(C(N)=S)c(NCC2CCCS2)c1. The van der Waals surface area contributed by atoms with Crippen molar-refractivity contribution in [3.8, 4) is 0 Å². The molecule has 1 atom stereocenters. The molecule has 1 saturated heterocycles. The van der Waals surface area contributed by atoms with Crippen molar-refractivity contribution in [2.24, 2.45) is 5.73 Å². The van der Waals surface area contributed by atoms with Gasteiger partial charge in [0.2, 0.25) is 0 Å². The molecule has 92 valence electrons. The molecule has 2 nitrogen and oxygen atoms in total. The summed E-state index contributed by atoms with van der Waals surface area (Å²) in [5.74, 6) is 1.29. The topological polar surface area (TPSA) is 38.0 Å². The first-order chi connectivity index (χ1) is 8.16. The predicted molar refractivity (Wildman–Crippen MR) is 81.0 cm³/mol. The Morgan fingerprint density at radius 1 is 1.59 bits per heavy atom. The normalized spacial score (nSPS) is 19.2. The molecule has 0 radical (unpaired) electrons. The summed E-state index contributed by atoms with van der Waals surface area (Å²) in [6.45, 7) is 3.09. The molecule has 1 fully saturated rings. The number of nitrogens with two attached hydrogens (primary N) is 1. The average molecular weight is 266 g/mol. The molecule has 17 heavy (non-hydrogen) atoms. The highest BCUT2D eigenvalue weighted by molar-refractivity contribution is 8.00. The molecular weight excluding hydrogens is 248 g/mol. The van der Waals surface area contributed by atoms with Crippen LogP contribution in [0.2, 0.25) is 0 Å². The first-order valence-corrected chi connectivity index (χ1v) is 7.38. The van der Waals surface area contributed by atoms with Gasteiger partial charge in [-0.25, -0.2) is 0 Å². The molecule has 1 aromatic carbocycles. The molecule has 1 heterocycles. The van der Waals surface area contributed by atoms with E-state index in [4.69, 9.17) is 18.0 Å². The number of hydrogen-bond acceptors (Lipinski definition) is 3. The molecule has 0 spiro atoms. The summed E-state index contributed by atoms with van der Waals surface area (Å²) < 4.78 is 0. The first-order valence-electron chi connectivity index (χ1n) is 5.93. The fourth-order valence-corrected chi connectivity index (χ4v) is 3.43. The number of rotatable bonds is 4. The lowest BCUT2D eigenvalue weighted by Crippen LogP contribution is -2.18. The Balaban J connectivity index is 2.07. The van der Waals surface area contributed by atoms with Gasteiger partial charge in [0.15, 0.2) is 0 Å². The van der Waals surface area contributed by atoms with Crippen molar-refractivity contribution in [3.63, 3.8) is 0 Å². The Morgan fingerprint density at radius 3 is 3.06 bits per heavy atom. The second-order valence-corrected chi connectivity index (χ2v) is 6.28. The number of thiocarbonyl (C=S) groups is 1. The van der Waals surface area contributed by atoms with Crippen molar-refractivity contribution in [1.29, 1.82) is 0 Å². The summed E-state index contributed by atoms with van der Waals surface area (Å²) in [6.07, 6.45) is 2.65. The molecule has 4 heteroatoms. The number of thioether (sulfide) groups is 1. The van der Waals surface area contributed by atoms with Crippen LogP contribution in [0.4, 0.5) is 5.69 Å². The highest BCUT2D eigenvalue weighted by atomic mass is 32.2. The van der Waals surface area contributed by atoms with Crippen LogP contribution in [0.15, 0.2) is 18.2 Å². The van der Waals surface area contributed by atoms with Gasteiger partial charge >= 0.3 is 0 Å². The molecular formula is C13H18N2S2. The van der Waals surface area contributed by atoms with E-state index in [1.165, 1.54) is 24.2 Å². The van der Waals surface area contributed by atoms with E-state index in [-0.39, 0.29) is 0 Å². The highest BCUT2D eigenvalue weighted by Crippen LogP contribution is 2.27. The van der Waals surface area contributed by atoms with Crippen LogP contribution >= 0.6 is 24.0 Å². The minimum Gasteiger partial charge on any atom is -0.389 e. The van der Waals surface area contributed by atoms with E-state index in [0.717, 1.165) is 23.0 Å². The first kappa shape index (κ1) is 12.7. The quantitative estimate of drug-likeness (QED) is 0.822. The van der Waals surface area contributed by atoms with Gasteiger partial charge in [-0.05, 0) is 43.2 Å². The molecule has 1 aliphatic heterocycles. The summed E-state index contributed by atoms with van der Waals surface area (Å²) in [5.41, 5.74) is 8.99. The fourth-order valence-electron chi connectivity index (χ4n) is 2.05. The molecule has 1 unspecified atom stereocenters. The molecule has 0 amide bonds. The zero-order valence-electron chi connectivity index (χ0n) is 10.0. The molecule has 0 aliphatic carbocycles. The minimum atomic E-state index is 0.464. The summed E-state index contributed by atoms with van der Waals surface area (Å²) in [6, 6.07) is 6.17. The van der Waals surface area contributed by atoms with E-state index in [0.29, 0.717) is 4.99 Å². The van der Waals surface area contributed by atoms with Crippen LogP contribution in [0.1, 0.15) is 24.0 Å². The molecule has 3 N–H and O–H groups in total. The van der Waals surface area contributed by atoms with Gasteiger partial charge in [0.1, 0.15) is 4.99 Å². The van der Waals surface area contributed by atoms with E-state index >= 15 is 0 Å². The van der Waals surface area contributed by atoms with Crippen LogP contribution in [-0.2, 0) is 0 Å². The third-order valence-corrected chi connectivity index (χ3v) is 4.60. The van der Waals surface area contributed by atoms with E-state index in [9.17, 15) is 0 Å². The van der Waals surface area contributed by atoms with Crippen molar-refractivity contribution in [2.45, 2.75) is 25.0 Å². The van der Waals surface area contributed by atoms with Crippen LogP contribution < -0.4 is 11.1 Å². The van der Waals surface area contributed by atoms with Gasteiger partial charge in [0.25, 0.3) is 0 Å². The Labute approximate surface area is 112 Å². The number of benzene rings is 1. The lowest BCUT2D eigenvalue weighted by Gasteiger charge is -2.15. The maximum absolute atomic E-state index is 5.73. The Morgan fingerprint density at radius 2 is 2.41 bits per heavy atom. The molecule has 0 bridgehead atoms. The van der Waals surface area contributed by atoms with Crippen molar-refractivity contribution in [3.05, 3.63) is 29.3 Å². The standard InChI is InChI=1S/C13H18N2S2/c1-9-4-5-11(13(14)16)12(7-9)15-8-10-3-2-6-17-10/h4-5,7,10,15H,2-3,6,8H2,1H3,(H2,14,16). The summed E-state index contributed by atoms with van der Waals surface area (Å²) in [5, 5.41) is 4.22. The Kier molecular flexibility index (Phi) is 4.29.